The maximum atomic E-state index is 12.1. The molecule has 3 heteroatoms. The smallest absolute Gasteiger partial charge is 0.204 e. The Balaban J connectivity index is 2.04. The van der Waals surface area contributed by atoms with Gasteiger partial charge in [-0.2, -0.15) is 0 Å². The Hall–Kier alpha value is -0.440. The predicted octanol–water partition coefficient (Wildman–Crippen LogP) is 2.24. The summed E-state index contributed by atoms with van der Waals surface area (Å²) in [6.45, 7) is -0.139. The van der Waals surface area contributed by atoms with Crippen LogP contribution in [0.1, 0.15) is 32.1 Å². The lowest BCUT2D eigenvalue weighted by molar-refractivity contribution is 0.0292. The van der Waals surface area contributed by atoms with Gasteiger partial charge in [0.15, 0.2) is 0 Å². The fourth-order valence-corrected chi connectivity index (χ4v) is 1.61. The molecule has 0 aliphatic heterocycles. The first-order chi connectivity index (χ1) is 6.86. The van der Waals surface area contributed by atoms with Crippen LogP contribution in [0.25, 0.3) is 0 Å². The van der Waals surface area contributed by atoms with Crippen LogP contribution in [0.2, 0.25) is 0 Å². The van der Waals surface area contributed by atoms with Gasteiger partial charge >= 0.3 is 0 Å². The van der Waals surface area contributed by atoms with Gasteiger partial charge in [-0.1, -0.05) is 0 Å². The van der Waals surface area contributed by atoms with Gasteiger partial charge in [-0.25, -0.2) is 0 Å². The second kappa shape index (κ2) is 6.93. The van der Waals surface area contributed by atoms with Gasteiger partial charge < -0.3 is 4.74 Å². The minimum Gasteiger partial charge on any atom is -0.378 e. The third-order valence-electron chi connectivity index (χ3n) is 2.56. The van der Waals surface area contributed by atoms with Crippen LogP contribution in [-0.4, -0.2) is 25.7 Å². The number of carbonyl (C=O) groups excluding carboxylic acids is 1. The third-order valence-corrected chi connectivity index (χ3v) is 2.56. The fourth-order valence-electron chi connectivity index (χ4n) is 1.61. The maximum Gasteiger partial charge on any atom is 0.204 e. The highest BCUT2D eigenvalue weighted by molar-refractivity contribution is 5.54. The van der Waals surface area contributed by atoms with Crippen LogP contribution < -0.4 is 0 Å². The number of ether oxygens (including phenoxy) is 1. The summed E-state index contributed by atoms with van der Waals surface area (Å²) in [4.78, 5) is 10.2. The summed E-state index contributed by atoms with van der Waals surface area (Å²) in [5.41, 5.74) is 0. The highest BCUT2D eigenvalue weighted by Crippen LogP contribution is 2.19. The third kappa shape index (κ3) is 4.18. The molecule has 2 radical (unpaired) electrons. The van der Waals surface area contributed by atoms with Crippen molar-refractivity contribution in [3.8, 4) is 0 Å². The minimum atomic E-state index is -0.620. The van der Waals surface area contributed by atoms with Gasteiger partial charge in [0.1, 0.15) is 0 Å². The Bertz CT molecular complexity index is 155. The lowest BCUT2D eigenvalue weighted by Crippen LogP contribution is -2.19. The molecular formula is C11H17FO2. The van der Waals surface area contributed by atoms with Crippen molar-refractivity contribution in [2.24, 2.45) is 5.92 Å². The van der Waals surface area contributed by atoms with Crippen molar-refractivity contribution in [1.29, 1.82) is 0 Å². The van der Waals surface area contributed by atoms with Crippen LogP contribution in [0, 0.1) is 12.3 Å². The van der Waals surface area contributed by atoms with Gasteiger partial charge in [-0.05, 0) is 38.5 Å². The van der Waals surface area contributed by atoms with E-state index in [0.717, 1.165) is 25.7 Å². The molecule has 1 aliphatic rings. The second-order valence-electron chi connectivity index (χ2n) is 3.69. The molecule has 1 atom stereocenters. The summed E-state index contributed by atoms with van der Waals surface area (Å²) in [7, 11) is 0. The number of alkyl halides is 1. The molecule has 1 rings (SSSR count). The van der Waals surface area contributed by atoms with Crippen molar-refractivity contribution in [3.63, 3.8) is 0 Å². The van der Waals surface area contributed by atoms with Gasteiger partial charge in [-0.3, -0.25) is 9.18 Å². The largest absolute Gasteiger partial charge is 0.378 e. The molecule has 1 saturated carbocycles. The number of hydrogen-bond acceptors (Lipinski definition) is 2. The van der Waals surface area contributed by atoms with Crippen LogP contribution in [0.4, 0.5) is 4.39 Å². The van der Waals surface area contributed by atoms with Crippen molar-refractivity contribution >= 4 is 6.29 Å². The van der Waals surface area contributed by atoms with Gasteiger partial charge in [0.05, 0.1) is 18.7 Å². The van der Waals surface area contributed by atoms with E-state index >= 15 is 0 Å². The first-order valence-electron chi connectivity index (χ1n) is 5.23. The van der Waals surface area contributed by atoms with E-state index in [0.29, 0.717) is 19.1 Å². The highest BCUT2D eigenvalue weighted by atomic mass is 19.1. The first-order valence-corrected chi connectivity index (χ1v) is 5.23. The summed E-state index contributed by atoms with van der Waals surface area (Å²) in [6, 6.07) is 0. The van der Waals surface area contributed by atoms with Crippen LogP contribution in [-0.2, 0) is 9.53 Å². The molecule has 0 bridgehead atoms. The molecule has 0 saturated heterocycles. The number of halogens is 1. The molecule has 0 aromatic rings. The average Bonchev–Trinajstić information content (AvgIpc) is 2.26. The molecule has 0 N–H and O–H groups in total. The molecule has 2 nitrogen and oxygen atoms in total. The lowest BCUT2D eigenvalue weighted by Gasteiger charge is -2.22. The molecule has 1 fully saturated rings. The van der Waals surface area contributed by atoms with Gasteiger partial charge in [-0.15, -0.1) is 0 Å². The van der Waals surface area contributed by atoms with Crippen molar-refractivity contribution in [2.45, 2.75) is 38.2 Å². The summed E-state index contributed by atoms with van der Waals surface area (Å²) in [6.07, 6.45) is 9.05. The summed E-state index contributed by atoms with van der Waals surface area (Å²) in [5, 5.41) is 0. The van der Waals surface area contributed by atoms with Crippen molar-refractivity contribution < 1.29 is 13.9 Å². The second-order valence-corrected chi connectivity index (χ2v) is 3.69. The Labute approximate surface area is 84.8 Å². The molecule has 80 valence electrons. The van der Waals surface area contributed by atoms with E-state index < -0.39 is 12.6 Å². The Kier molecular flexibility index (Phi) is 5.76. The summed E-state index contributed by atoms with van der Waals surface area (Å²) in [5.74, 6) is -0.592. The lowest BCUT2D eigenvalue weighted by atomic mass is 9.98. The van der Waals surface area contributed by atoms with Gasteiger partial charge in [0.2, 0.25) is 6.29 Å². The van der Waals surface area contributed by atoms with E-state index in [1.807, 2.05) is 0 Å². The van der Waals surface area contributed by atoms with Gasteiger partial charge in [0, 0.05) is 6.61 Å². The molecule has 1 aliphatic carbocycles. The summed E-state index contributed by atoms with van der Waals surface area (Å²) < 4.78 is 17.7. The standard InChI is InChI=1S/C11H17FO2/c12-8-10(9-13)6-7-14-11-4-2-1-3-5-11/h1,10-11H,2-8H2. The SMILES string of the molecule is O=[C]C(CF)CCOC1CC[CH]CC1. The Morgan fingerprint density at radius 2 is 2.21 bits per heavy atom. The minimum absolute atomic E-state index is 0.312. The van der Waals surface area contributed by atoms with E-state index in [9.17, 15) is 9.18 Å². The zero-order valence-electron chi connectivity index (χ0n) is 8.38. The zero-order valence-corrected chi connectivity index (χ0v) is 8.38. The molecular weight excluding hydrogens is 183 g/mol. The van der Waals surface area contributed by atoms with E-state index in [2.05, 4.69) is 6.42 Å². The van der Waals surface area contributed by atoms with E-state index in [1.54, 1.807) is 6.29 Å². The van der Waals surface area contributed by atoms with Crippen LogP contribution in [0.5, 0.6) is 0 Å². The molecule has 0 aromatic carbocycles. The van der Waals surface area contributed by atoms with E-state index in [-0.39, 0.29) is 0 Å². The van der Waals surface area contributed by atoms with Crippen LogP contribution in [0.15, 0.2) is 0 Å². The van der Waals surface area contributed by atoms with Crippen molar-refractivity contribution in [2.75, 3.05) is 13.3 Å². The number of hydrogen-bond donors (Lipinski definition) is 0. The Morgan fingerprint density at radius 1 is 1.50 bits per heavy atom. The zero-order chi connectivity index (χ0) is 10.2. The van der Waals surface area contributed by atoms with Crippen molar-refractivity contribution in [1.82, 2.24) is 0 Å². The normalized spacial score (nSPS) is 20.6. The molecule has 1 unspecified atom stereocenters. The number of rotatable bonds is 6. The average molecular weight is 200 g/mol. The monoisotopic (exact) mass is 200 g/mol. The van der Waals surface area contributed by atoms with Crippen LogP contribution in [0.3, 0.4) is 0 Å². The molecule has 0 spiro atoms. The van der Waals surface area contributed by atoms with E-state index in [4.69, 9.17) is 4.74 Å². The highest BCUT2D eigenvalue weighted by Gasteiger charge is 2.15. The van der Waals surface area contributed by atoms with Gasteiger partial charge in [0.25, 0.3) is 0 Å². The maximum absolute atomic E-state index is 12.1. The first kappa shape index (κ1) is 11.6. The quantitative estimate of drug-likeness (QED) is 0.657. The molecule has 14 heavy (non-hydrogen) atoms. The molecule has 0 amide bonds. The predicted molar refractivity (Wildman–Crippen MR) is 52.3 cm³/mol. The Morgan fingerprint density at radius 3 is 2.79 bits per heavy atom. The fraction of sp³-hybridized carbons (Fsp3) is 0.818. The molecule has 0 heterocycles. The summed E-state index contributed by atoms with van der Waals surface area (Å²) >= 11 is 0. The topological polar surface area (TPSA) is 26.3 Å². The van der Waals surface area contributed by atoms with Crippen molar-refractivity contribution in [3.05, 3.63) is 6.42 Å². The van der Waals surface area contributed by atoms with E-state index in [1.165, 1.54) is 0 Å². The molecule has 0 aromatic heterocycles. The van der Waals surface area contributed by atoms with Crippen LogP contribution >= 0.6 is 0 Å².